The Kier molecular flexibility index (Phi) is 5.47. The minimum atomic E-state index is 0.241. The molecule has 0 radical (unpaired) electrons. The minimum absolute atomic E-state index is 0.241. The predicted octanol–water partition coefficient (Wildman–Crippen LogP) is 3.18. The number of hydrogen-bond donors (Lipinski definition) is 2. The molecule has 1 aliphatic rings. The Morgan fingerprint density at radius 3 is 2.78 bits per heavy atom. The van der Waals surface area contributed by atoms with E-state index in [9.17, 15) is 0 Å². The largest absolute Gasteiger partial charge is 0.396 e. The van der Waals surface area contributed by atoms with E-state index in [-0.39, 0.29) is 12.7 Å². The van der Waals surface area contributed by atoms with Crippen molar-refractivity contribution >= 4 is 21.6 Å². The molecule has 2 unspecified atom stereocenters. The van der Waals surface area contributed by atoms with Crippen LogP contribution in [0.5, 0.6) is 0 Å². The smallest absolute Gasteiger partial charge is 0.0776 e. The Morgan fingerprint density at radius 2 is 2.17 bits per heavy atom. The second-order valence-electron chi connectivity index (χ2n) is 4.68. The van der Waals surface area contributed by atoms with Crippen molar-refractivity contribution in [1.82, 2.24) is 0 Å². The number of rotatable bonds is 6. The molecule has 4 heteroatoms. The van der Waals surface area contributed by atoms with Crippen LogP contribution in [-0.2, 0) is 4.74 Å². The molecule has 0 saturated carbocycles. The van der Waals surface area contributed by atoms with Crippen molar-refractivity contribution in [3.8, 4) is 0 Å². The number of ether oxygens (including phenoxy) is 1. The number of anilines is 1. The lowest BCUT2D eigenvalue weighted by Crippen LogP contribution is -2.33. The molecule has 1 aromatic carbocycles. The Balaban J connectivity index is 1.97. The Morgan fingerprint density at radius 1 is 1.39 bits per heavy atom. The van der Waals surface area contributed by atoms with Crippen molar-refractivity contribution in [3.63, 3.8) is 0 Å². The maximum Gasteiger partial charge on any atom is 0.0776 e. The normalized spacial score (nSPS) is 20.9. The summed E-state index contributed by atoms with van der Waals surface area (Å²) in [5.41, 5.74) is 1.11. The van der Waals surface area contributed by atoms with Crippen LogP contribution in [0.3, 0.4) is 0 Å². The number of aliphatic hydroxyl groups excluding tert-OH is 1. The van der Waals surface area contributed by atoms with E-state index in [0.29, 0.717) is 6.04 Å². The first-order valence-corrected chi connectivity index (χ1v) is 7.33. The van der Waals surface area contributed by atoms with Crippen LogP contribution in [0.4, 0.5) is 5.69 Å². The molecule has 2 N–H and O–H groups in total. The molecule has 2 rings (SSSR count). The van der Waals surface area contributed by atoms with Crippen LogP contribution in [0, 0.1) is 0 Å². The van der Waals surface area contributed by atoms with Crippen LogP contribution in [-0.4, -0.2) is 30.5 Å². The van der Waals surface area contributed by atoms with Gasteiger partial charge in [-0.25, -0.2) is 0 Å². The fraction of sp³-hybridized carbons (Fsp3) is 0.571. The maximum atomic E-state index is 8.99. The van der Waals surface area contributed by atoms with Crippen molar-refractivity contribution in [2.24, 2.45) is 0 Å². The van der Waals surface area contributed by atoms with Gasteiger partial charge in [-0.2, -0.15) is 0 Å². The summed E-state index contributed by atoms with van der Waals surface area (Å²) in [6, 6.07) is 8.47. The summed E-state index contributed by atoms with van der Waals surface area (Å²) in [5, 5.41) is 12.5. The Bertz CT molecular complexity index is 349. The molecule has 18 heavy (non-hydrogen) atoms. The summed E-state index contributed by atoms with van der Waals surface area (Å²) >= 11 is 3.43. The van der Waals surface area contributed by atoms with Crippen LogP contribution in [0.15, 0.2) is 28.7 Å². The minimum Gasteiger partial charge on any atom is -0.396 e. The Hall–Kier alpha value is -0.580. The molecule has 3 nitrogen and oxygen atoms in total. The first-order valence-electron chi connectivity index (χ1n) is 6.54. The second kappa shape index (κ2) is 7.12. The summed E-state index contributed by atoms with van der Waals surface area (Å²) < 4.78 is 6.84. The molecule has 0 spiro atoms. The first-order chi connectivity index (χ1) is 8.79. The molecule has 0 aromatic heterocycles. The highest BCUT2D eigenvalue weighted by Crippen LogP contribution is 2.23. The number of aliphatic hydroxyl groups is 1. The lowest BCUT2D eigenvalue weighted by atomic mass is 10.0. The molecule has 0 bridgehead atoms. The summed E-state index contributed by atoms with van der Waals surface area (Å²) in [5.74, 6) is 0. The van der Waals surface area contributed by atoms with E-state index in [1.165, 1.54) is 0 Å². The van der Waals surface area contributed by atoms with E-state index in [1.807, 2.05) is 12.1 Å². The van der Waals surface area contributed by atoms with Gasteiger partial charge in [0, 0.05) is 23.4 Å². The van der Waals surface area contributed by atoms with E-state index in [4.69, 9.17) is 9.84 Å². The van der Waals surface area contributed by atoms with Gasteiger partial charge in [-0.05, 0) is 49.9 Å². The third-order valence-corrected chi connectivity index (χ3v) is 3.81. The number of nitrogens with one attached hydrogen (secondary N) is 1. The molecule has 1 saturated heterocycles. The lowest BCUT2D eigenvalue weighted by Gasteiger charge is -2.25. The van der Waals surface area contributed by atoms with Crippen LogP contribution in [0.25, 0.3) is 0 Å². The number of halogens is 1. The highest BCUT2D eigenvalue weighted by Gasteiger charge is 2.25. The highest BCUT2D eigenvalue weighted by atomic mass is 79.9. The molecule has 1 heterocycles. The van der Waals surface area contributed by atoms with E-state index in [1.54, 1.807) is 0 Å². The predicted molar refractivity (Wildman–Crippen MR) is 76.8 cm³/mol. The molecular weight excluding hydrogens is 294 g/mol. The summed E-state index contributed by atoms with van der Waals surface area (Å²) in [7, 11) is 0. The summed E-state index contributed by atoms with van der Waals surface area (Å²) in [4.78, 5) is 0. The van der Waals surface area contributed by atoms with E-state index in [0.717, 1.165) is 42.5 Å². The van der Waals surface area contributed by atoms with E-state index >= 15 is 0 Å². The second-order valence-corrected chi connectivity index (χ2v) is 5.59. The van der Waals surface area contributed by atoms with Gasteiger partial charge in [-0.3, -0.25) is 0 Å². The lowest BCUT2D eigenvalue weighted by molar-refractivity contribution is 0.0908. The first kappa shape index (κ1) is 13.8. The molecule has 0 amide bonds. The molecule has 1 fully saturated rings. The molecular formula is C14H20BrNO2. The van der Waals surface area contributed by atoms with Crippen molar-refractivity contribution < 1.29 is 9.84 Å². The van der Waals surface area contributed by atoms with Gasteiger partial charge in [-0.1, -0.05) is 15.9 Å². The van der Waals surface area contributed by atoms with Crippen molar-refractivity contribution in [1.29, 1.82) is 0 Å². The molecule has 100 valence electrons. The molecule has 1 aliphatic heterocycles. The summed E-state index contributed by atoms with van der Waals surface area (Å²) in [6.45, 7) is 1.10. The number of benzene rings is 1. The zero-order valence-electron chi connectivity index (χ0n) is 10.4. The zero-order chi connectivity index (χ0) is 12.8. The van der Waals surface area contributed by atoms with Crippen molar-refractivity contribution in [3.05, 3.63) is 28.7 Å². The van der Waals surface area contributed by atoms with Crippen LogP contribution in [0.2, 0.25) is 0 Å². The molecule has 0 aliphatic carbocycles. The molecule has 1 aromatic rings. The van der Waals surface area contributed by atoms with Gasteiger partial charge in [0.1, 0.15) is 0 Å². The fourth-order valence-corrected chi connectivity index (χ4v) is 2.61. The van der Waals surface area contributed by atoms with Gasteiger partial charge >= 0.3 is 0 Å². The quantitative estimate of drug-likeness (QED) is 0.847. The zero-order valence-corrected chi connectivity index (χ0v) is 12.0. The van der Waals surface area contributed by atoms with Gasteiger partial charge < -0.3 is 15.2 Å². The van der Waals surface area contributed by atoms with Gasteiger partial charge in [0.25, 0.3) is 0 Å². The van der Waals surface area contributed by atoms with Crippen molar-refractivity contribution in [2.45, 2.75) is 37.8 Å². The SMILES string of the molecule is OCCCC(Nc1ccc(Br)cc1)C1CCCO1. The van der Waals surface area contributed by atoms with Crippen LogP contribution >= 0.6 is 15.9 Å². The Labute approximate surface area is 117 Å². The number of hydrogen-bond acceptors (Lipinski definition) is 3. The van der Waals surface area contributed by atoms with E-state index in [2.05, 4.69) is 33.4 Å². The van der Waals surface area contributed by atoms with Crippen LogP contribution in [0.1, 0.15) is 25.7 Å². The highest BCUT2D eigenvalue weighted by molar-refractivity contribution is 9.10. The maximum absolute atomic E-state index is 8.99. The van der Waals surface area contributed by atoms with Gasteiger partial charge in [0.05, 0.1) is 12.1 Å². The van der Waals surface area contributed by atoms with Gasteiger partial charge in [0.2, 0.25) is 0 Å². The topological polar surface area (TPSA) is 41.5 Å². The molecule has 2 atom stereocenters. The fourth-order valence-electron chi connectivity index (χ4n) is 2.34. The summed E-state index contributed by atoms with van der Waals surface area (Å²) in [6.07, 6.45) is 4.29. The van der Waals surface area contributed by atoms with Gasteiger partial charge in [-0.15, -0.1) is 0 Å². The van der Waals surface area contributed by atoms with Gasteiger partial charge in [0.15, 0.2) is 0 Å². The van der Waals surface area contributed by atoms with Crippen LogP contribution < -0.4 is 5.32 Å². The average Bonchev–Trinajstić information content (AvgIpc) is 2.90. The average molecular weight is 314 g/mol. The monoisotopic (exact) mass is 313 g/mol. The third-order valence-electron chi connectivity index (χ3n) is 3.28. The standard InChI is InChI=1S/C14H20BrNO2/c15-11-5-7-12(8-6-11)16-13(3-1-9-17)14-4-2-10-18-14/h5-8,13-14,16-17H,1-4,9-10H2. The van der Waals surface area contributed by atoms with E-state index < -0.39 is 0 Å². The van der Waals surface area contributed by atoms with Crippen molar-refractivity contribution in [2.75, 3.05) is 18.5 Å². The third kappa shape index (κ3) is 3.97.